The number of piperazine rings is 1. The first kappa shape index (κ1) is 28.4. The molecule has 1 aliphatic heterocycles. The van der Waals surface area contributed by atoms with Gasteiger partial charge in [-0.15, -0.1) is 0 Å². The maximum Gasteiger partial charge on any atom is 0.387 e. The highest BCUT2D eigenvalue weighted by Crippen LogP contribution is 2.27. The molecule has 0 amide bonds. The fourth-order valence-corrected chi connectivity index (χ4v) is 5.77. The van der Waals surface area contributed by atoms with Crippen LogP contribution in [0.5, 0.6) is 11.5 Å². The maximum absolute atomic E-state index is 13.2. The Labute approximate surface area is 227 Å². The summed E-state index contributed by atoms with van der Waals surface area (Å²) in [6, 6.07) is 22.1. The average Bonchev–Trinajstić information content (AvgIpc) is 2.95. The molecule has 1 aliphatic rings. The van der Waals surface area contributed by atoms with Gasteiger partial charge in [0.2, 0.25) is 10.0 Å². The van der Waals surface area contributed by atoms with Crippen molar-refractivity contribution in [1.82, 2.24) is 9.21 Å². The second-order valence-corrected chi connectivity index (χ2v) is 10.9. The SMILES string of the molecule is COc1cccc(C(CN2CCN(S(=O)(=O)c3cccc(OC(F)F)c3)CC2)OCc2ccc(C#N)cc2)c1. The first-order valence-corrected chi connectivity index (χ1v) is 13.7. The number of hydrogen-bond acceptors (Lipinski definition) is 7. The van der Waals surface area contributed by atoms with E-state index in [4.69, 9.17) is 14.7 Å². The van der Waals surface area contributed by atoms with Gasteiger partial charge < -0.3 is 14.2 Å². The van der Waals surface area contributed by atoms with Crippen molar-refractivity contribution < 1.29 is 31.4 Å². The van der Waals surface area contributed by atoms with Crippen molar-refractivity contribution in [2.45, 2.75) is 24.2 Å². The van der Waals surface area contributed by atoms with E-state index in [0.29, 0.717) is 37.6 Å². The Balaban J connectivity index is 1.43. The van der Waals surface area contributed by atoms with E-state index in [2.05, 4.69) is 15.7 Å². The van der Waals surface area contributed by atoms with Crippen LogP contribution < -0.4 is 9.47 Å². The number of hydrogen-bond donors (Lipinski definition) is 0. The van der Waals surface area contributed by atoms with Crippen LogP contribution in [0.3, 0.4) is 0 Å². The molecule has 11 heteroatoms. The van der Waals surface area contributed by atoms with Crippen molar-refractivity contribution in [2.75, 3.05) is 39.8 Å². The molecule has 0 aromatic heterocycles. The zero-order valence-corrected chi connectivity index (χ0v) is 22.2. The Morgan fingerprint density at radius 2 is 1.64 bits per heavy atom. The number of nitrogens with zero attached hydrogens (tertiary/aromatic N) is 3. The van der Waals surface area contributed by atoms with Gasteiger partial charge in [0.25, 0.3) is 0 Å². The Bertz CT molecular complexity index is 1390. The Morgan fingerprint density at radius 1 is 0.949 bits per heavy atom. The molecule has 1 atom stereocenters. The molecule has 3 aromatic carbocycles. The fourth-order valence-electron chi connectivity index (χ4n) is 4.32. The van der Waals surface area contributed by atoms with Gasteiger partial charge in [0, 0.05) is 38.8 Å². The average molecular weight is 558 g/mol. The molecule has 0 N–H and O–H groups in total. The van der Waals surface area contributed by atoms with E-state index < -0.39 is 16.6 Å². The number of alkyl halides is 2. The Morgan fingerprint density at radius 3 is 2.31 bits per heavy atom. The molecule has 0 radical (unpaired) electrons. The predicted molar refractivity (Wildman–Crippen MR) is 140 cm³/mol. The molecular formula is C28H29F2N3O5S. The van der Waals surface area contributed by atoms with Crippen molar-refractivity contribution in [3.05, 3.63) is 89.5 Å². The number of nitriles is 1. The van der Waals surface area contributed by atoms with Gasteiger partial charge in [-0.1, -0.05) is 30.3 Å². The van der Waals surface area contributed by atoms with E-state index in [-0.39, 0.29) is 29.8 Å². The van der Waals surface area contributed by atoms with Crippen LogP contribution in [0.25, 0.3) is 0 Å². The minimum atomic E-state index is -3.87. The van der Waals surface area contributed by atoms with E-state index in [1.54, 1.807) is 19.2 Å². The summed E-state index contributed by atoms with van der Waals surface area (Å²) in [7, 11) is -2.28. The highest BCUT2D eigenvalue weighted by Gasteiger charge is 2.30. The van der Waals surface area contributed by atoms with Crippen molar-refractivity contribution in [2.24, 2.45) is 0 Å². The topological polar surface area (TPSA) is 92.1 Å². The molecule has 4 rings (SSSR count). The van der Waals surface area contributed by atoms with Crippen molar-refractivity contribution in [3.8, 4) is 17.6 Å². The van der Waals surface area contributed by atoms with Gasteiger partial charge in [0.1, 0.15) is 11.5 Å². The van der Waals surface area contributed by atoms with Gasteiger partial charge in [-0.25, -0.2) is 8.42 Å². The van der Waals surface area contributed by atoms with E-state index in [0.717, 1.165) is 17.2 Å². The quantitative estimate of drug-likeness (QED) is 0.344. The van der Waals surface area contributed by atoms with Gasteiger partial charge in [0.15, 0.2) is 0 Å². The lowest BCUT2D eigenvalue weighted by Crippen LogP contribution is -2.49. The van der Waals surface area contributed by atoms with Crippen LogP contribution in [-0.4, -0.2) is 64.1 Å². The molecule has 1 heterocycles. The summed E-state index contributed by atoms with van der Waals surface area (Å²) in [4.78, 5) is 2.04. The monoisotopic (exact) mass is 557 g/mol. The molecule has 0 bridgehead atoms. The highest BCUT2D eigenvalue weighted by atomic mass is 32.2. The summed E-state index contributed by atoms with van der Waals surface area (Å²) in [6.07, 6.45) is -0.318. The second kappa shape index (κ2) is 13.0. The minimum absolute atomic E-state index is 0.0888. The number of halogens is 2. The van der Waals surface area contributed by atoms with Crippen LogP contribution in [0.1, 0.15) is 22.8 Å². The lowest BCUT2D eigenvalue weighted by atomic mass is 10.1. The molecule has 206 valence electrons. The van der Waals surface area contributed by atoms with E-state index in [1.165, 1.54) is 22.5 Å². The van der Waals surface area contributed by atoms with Crippen LogP contribution in [0.4, 0.5) is 8.78 Å². The standard InChI is InChI=1S/C28H29F2N3O5S/c1-36-24-5-2-4-23(16-24)27(37-20-22-10-8-21(18-31)9-11-22)19-32-12-14-33(15-13-32)39(34,35)26-7-3-6-25(17-26)38-28(29)30/h2-11,16-17,27-28H,12-15,19-20H2,1H3. The van der Waals surface area contributed by atoms with E-state index in [1.807, 2.05) is 36.4 Å². The lowest BCUT2D eigenvalue weighted by Gasteiger charge is -2.36. The maximum atomic E-state index is 13.2. The lowest BCUT2D eigenvalue weighted by molar-refractivity contribution is -0.0500. The molecule has 0 saturated carbocycles. The summed E-state index contributed by atoms with van der Waals surface area (Å²) in [5.41, 5.74) is 2.42. The highest BCUT2D eigenvalue weighted by molar-refractivity contribution is 7.89. The Hall–Kier alpha value is -3.56. The van der Waals surface area contributed by atoms with Crippen LogP contribution >= 0.6 is 0 Å². The summed E-state index contributed by atoms with van der Waals surface area (Å²) in [5.74, 6) is 0.499. The first-order valence-electron chi connectivity index (χ1n) is 12.3. The number of ether oxygens (including phenoxy) is 3. The summed E-state index contributed by atoms with van der Waals surface area (Å²) in [5, 5.41) is 9.03. The number of rotatable bonds is 11. The largest absolute Gasteiger partial charge is 0.497 e. The minimum Gasteiger partial charge on any atom is -0.497 e. The zero-order chi connectivity index (χ0) is 27.8. The van der Waals surface area contributed by atoms with Crippen molar-refractivity contribution in [1.29, 1.82) is 5.26 Å². The smallest absolute Gasteiger partial charge is 0.387 e. The van der Waals surface area contributed by atoms with Gasteiger partial charge in [-0.05, 0) is 47.5 Å². The third kappa shape index (κ3) is 7.52. The number of sulfonamides is 1. The van der Waals surface area contributed by atoms with Crippen LogP contribution in [-0.2, 0) is 21.4 Å². The van der Waals surface area contributed by atoms with Gasteiger partial charge in [0.05, 0.1) is 36.3 Å². The third-order valence-corrected chi connectivity index (χ3v) is 8.32. The van der Waals surface area contributed by atoms with E-state index >= 15 is 0 Å². The van der Waals surface area contributed by atoms with Gasteiger partial charge in [-0.2, -0.15) is 18.3 Å². The third-order valence-electron chi connectivity index (χ3n) is 6.42. The van der Waals surface area contributed by atoms with E-state index in [9.17, 15) is 17.2 Å². The molecule has 39 heavy (non-hydrogen) atoms. The molecular weight excluding hydrogens is 528 g/mol. The summed E-state index contributed by atoms with van der Waals surface area (Å²) in [6.45, 7) is -0.775. The second-order valence-electron chi connectivity index (χ2n) is 8.94. The molecule has 1 fully saturated rings. The zero-order valence-electron chi connectivity index (χ0n) is 21.4. The molecule has 3 aromatic rings. The first-order chi connectivity index (χ1) is 18.8. The molecule has 1 saturated heterocycles. The number of methoxy groups -OCH3 is 1. The molecule has 0 spiro atoms. The normalized spacial score (nSPS) is 15.6. The summed E-state index contributed by atoms with van der Waals surface area (Å²) >= 11 is 0. The van der Waals surface area contributed by atoms with Crippen molar-refractivity contribution >= 4 is 10.0 Å². The summed E-state index contributed by atoms with van der Waals surface area (Å²) < 4.78 is 68.9. The van der Waals surface area contributed by atoms with Crippen molar-refractivity contribution in [3.63, 3.8) is 0 Å². The Kier molecular flexibility index (Phi) is 9.48. The van der Waals surface area contributed by atoms with Crippen LogP contribution in [0.15, 0.2) is 77.7 Å². The van der Waals surface area contributed by atoms with Gasteiger partial charge in [-0.3, -0.25) is 4.90 Å². The van der Waals surface area contributed by atoms with Gasteiger partial charge >= 0.3 is 6.61 Å². The molecule has 8 nitrogen and oxygen atoms in total. The predicted octanol–water partition coefficient (Wildman–Crippen LogP) is 4.43. The molecule has 1 unspecified atom stereocenters. The van der Waals surface area contributed by atoms with Crippen LogP contribution in [0, 0.1) is 11.3 Å². The molecule has 0 aliphatic carbocycles. The van der Waals surface area contributed by atoms with Crippen LogP contribution in [0.2, 0.25) is 0 Å². The fraction of sp³-hybridized carbons (Fsp3) is 0.321. The number of benzene rings is 3.